The molecule has 2 heterocycles. The summed E-state index contributed by atoms with van der Waals surface area (Å²) in [6, 6.07) is 10.6. The topological polar surface area (TPSA) is 118 Å². The van der Waals surface area contributed by atoms with Gasteiger partial charge in [0.15, 0.2) is 17.3 Å². The Morgan fingerprint density at radius 3 is 2.64 bits per heavy atom. The second-order valence-electron chi connectivity index (χ2n) is 8.34. The molecule has 1 aliphatic rings. The molecule has 186 valence electrons. The second-order valence-corrected chi connectivity index (χ2v) is 8.34. The van der Waals surface area contributed by atoms with Crippen molar-refractivity contribution in [2.24, 2.45) is 0 Å². The molecule has 4 rings (SSSR count). The molecule has 2 N–H and O–H groups in total. The highest BCUT2D eigenvalue weighted by atomic mass is 19.1. The largest absolute Gasteiger partial charge is 0.493 e. The molecule has 0 radical (unpaired) electrons. The number of piperazine rings is 1. The van der Waals surface area contributed by atoms with Gasteiger partial charge in [-0.1, -0.05) is 19.1 Å². The zero-order valence-corrected chi connectivity index (χ0v) is 20.4. The van der Waals surface area contributed by atoms with Gasteiger partial charge in [-0.25, -0.2) is 9.37 Å². The van der Waals surface area contributed by atoms with Gasteiger partial charge in [0, 0.05) is 37.1 Å². The average Bonchev–Trinajstić information content (AvgIpc) is 2.91. The molecule has 0 aliphatic carbocycles. The number of halogens is 1. The van der Waals surface area contributed by atoms with Crippen LogP contribution in [0.4, 0.5) is 16.2 Å². The van der Waals surface area contributed by atoms with Gasteiger partial charge in [0.05, 0.1) is 25.9 Å². The second kappa shape index (κ2) is 10.5. The Balaban J connectivity index is 1.55. The van der Waals surface area contributed by atoms with Crippen molar-refractivity contribution in [1.82, 2.24) is 14.9 Å². The lowest BCUT2D eigenvalue weighted by Crippen LogP contribution is -2.55. The highest BCUT2D eigenvalue weighted by Gasteiger charge is 2.30. The van der Waals surface area contributed by atoms with E-state index in [2.05, 4.69) is 16.0 Å². The summed E-state index contributed by atoms with van der Waals surface area (Å²) in [5.74, 6) is -0.188. The van der Waals surface area contributed by atoms with Crippen molar-refractivity contribution in [2.45, 2.75) is 19.4 Å². The summed E-state index contributed by atoms with van der Waals surface area (Å²) >= 11 is 0. The summed E-state index contributed by atoms with van der Waals surface area (Å²) in [6.07, 6.45) is 3.98. The Bertz CT molecular complexity index is 1350. The summed E-state index contributed by atoms with van der Waals surface area (Å²) in [5.41, 5.74) is 7.64. The predicted octanol–water partition coefficient (Wildman–Crippen LogP) is 3.38. The zero-order chi connectivity index (χ0) is 25.8. The van der Waals surface area contributed by atoms with E-state index >= 15 is 4.39 Å². The minimum atomic E-state index is -0.669. The SMILES string of the molecule is CC[C@H]1CN(C(=O)C=Cc2ccc(C#N)cc2)CCN1c1nc(N)c2cc(OC)c(OC)c(F)c2n1. The molecule has 36 heavy (non-hydrogen) atoms. The third-order valence-corrected chi connectivity index (χ3v) is 6.27. The smallest absolute Gasteiger partial charge is 0.246 e. The molecule has 0 unspecified atom stereocenters. The number of nitriles is 1. The number of methoxy groups -OCH3 is 2. The van der Waals surface area contributed by atoms with Gasteiger partial charge in [0.1, 0.15) is 11.3 Å². The number of rotatable bonds is 6. The molecule has 1 aromatic heterocycles. The van der Waals surface area contributed by atoms with Crippen molar-refractivity contribution in [3.63, 3.8) is 0 Å². The monoisotopic (exact) mass is 490 g/mol. The molecule has 1 amide bonds. The molecule has 2 aromatic carbocycles. The average molecular weight is 491 g/mol. The maximum Gasteiger partial charge on any atom is 0.246 e. The molecule has 9 nitrogen and oxygen atoms in total. The van der Waals surface area contributed by atoms with Crippen LogP contribution in [0.1, 0.15) is 24.5 Å². The number of anilines is 2. The molecular weight excluding hydrogens is 463 g/mol. The lowest BCUT2D eigenvalue weighted by Gasteiger charge is -2.41. The lowest BCUT2D eigenvalue weighted by molar-refractivity contribution is -0.126. The summed E-state index contributed by atoms with van der Waals surface area (Å²) < 4.78 is 25.6. The minimum absolute atomic E-state index is 0.0499. The third kappa shape index (κ3) is 4.73. The Hall–Kier alpha value is -4.39. The van der Waals surface area contributed by atoms with E-state index < -0.39 is 5.82 Å². The maximum atomic E-state index is 15.2. The third-order valence-electron chi connectivity index (χ3n) is 6.27. The number of nitrogens with zero attached hydrogens (tertiary/aromatic N) is 5. The van der Waals surface area contributed by atoms with Crippen molar-refractivity contribution < 1.29 is 18.7 Å². The van der Waals surface area contributed by atoms with Gasteiger partial charge in [-0.3, -0.25) is 4.79 Å². The van der Waals surface area contributed by atoms with Gasteiger partial charge in [-0.05, 0) is 36.3 Å². The van der Waals surface area contributed by atoms with E-state index in [4.69, 9.17) is 20.5 Å². The zero-order valence-electron chi connectivity index (χ0n) is 20.4. The summed E-state index contributed by atoms with van der Waals surface area (Å²) in [7, 11) is 2.78. The standard InChI is InChI=1S/C26H27FN6O3/c1-4-18-15-32(21(34)10-9-16-5-7-17(14-28)8-6-16)11-12-33(18)26-30-23-19(25(29)31-26)13-20(35-2)24(36-3)22(23)27/h5-10,13,18H,4,11-12,15H2,1-3H3,(H2,29,30,31)/t18-/m0/s1. The predicted molar refractivity (Wildman–Crippen MR) is 135 cm³/mol. The first-order chi connectivity index (χ1) is 17.4. The van der Waals surface area contributed by atoms with Gasteiger partial charge < -0.3 is 25.0 Å². The molecular formula is C26H27FN6O3. The van der Waals surface area contributed by atoms with Crippen molar-refractivity contribution >= 4 is 34.7 Å². The Labute approximate surface area is 208 Å². The first-order valence-electron chi connectivity index (χ1n) is 11.5. The van der Waals surface area contributed by atoms with Crippen LogP contribution in [-0.2, 0) is 4.79 Å². The molecule has 1 saturated heterocycles. The van der Waals surface area contributed by atoms with Crippen molar-refractivity contribution in [3.05, 3.63) is 53.4 Å². The summed E-state index contributed by atoms with van der Waals surface area (Å²) in [4.78, 5) is 25.5. The van der Waals surface area contributed by atoms with Gasteiger partial charge >= 0.3 is 0 Å². The number of nitrogens with two attached hydrogens (primary N) is 1. The molecule has 0 saturated carbocycles. The van der Waals surface area contributed by atoms with E-state index in [9.17, 15) is 4.79 Å². The number of hydrogen-bond acceptors (Lipinski definition) is 8. The van der Waals surface area contributed by atoms with Crippen LogP contribution in [0.15, 0.2) is 36.4 Å². The highest BCUT2D eigenvalue weighted by molar-refractivity contribution is 5.93. The number of carbonyl (C=O) groups excluding carboxylic acids is 1. The number of ether oxygens (including phenoxy) is 2. The first-order valence-corrected chi connectivity index (χ1v) is 11.5. The van der Waals surface area contributed by atoms with E-state index in [1.165, 1.54) is 20.3 Å². The van der Waals surface area contributed by atoms with Crippen molar-refractivity contribution in [1.29, 1.82) is 5.26 Å². The minimum Gasteiger partial charge on any atom is -0.493 e. The van der Waals surface area contributed by atoms with Gasteiger partial charge in [0.25, 0.3) is 0 Å². The van der Waals surface area contributed by atoms with Crippen LogP contribution in [0.5, 0.6) is 11.5 Å². The fourth-order valence-electron chi connectivity index (χ4n) is 4.28. The molecule has 1 aliphatic heterocycles. The molecule has 10 heteroatoms. The van der Waals surface area contributed by atoms with Crippen LogP contribution in [0.2, 0.25) is 0 Å². The molecule has 1 fully saturated rings. The fourth-order valence-corrected chi connectivity index (χ4v) is 4.28. The summed E-state index contributed by atoms with van der Waals surface area (Å²) in [6.45, 7) is 3.39. The fraction of sp³-hybridized carbons (Fsp3) is 0.308. The number of benzene rings is 2. The van der Waals surface area contributed by atoms with E-state index in [1.54, 1.807) is 41.3 Å². The Morgan fingerprint density at radius 2 is 2.00 bits per heavy atom. The first kappa shape index (κ1) is 24.7. The summed E-state index contributed by atoms with van der Waals surface area (Å²) in [5, 5.41) is 9.25. The van der Waals surface area contributed by atoms with Crippen LogP contribution in [0, 0.1) is 17.1 Å². The quantitative estimate of drug-likeness (QED) is 0.523. The van der Waals surface area contributed by atoms with Crippen LogP contribution in [0.25, 0.3) is 17.0 Å². The van der Waals surface area contributed by atoms with E-state index in [1.807, 2.05) is 11.8 Å². The van der Waals surface area contributed by atoms with Crippen molar-refractivity contribution in [2.75, 3.05) is 44.5 Å². The number of nitrogen functional groups attached to an aromatic ring is 1. The van der Waals surface area contributed by atoms with E-state index in [0.29, 0.717) is 36.5 Å². The van der Waals surface area contributed by atoms with E-state index in [0.717, 1.165) is 12.0 Å². The maximum absolute atomic E-state index is 15.2. The van der Waals surface area contributed by atoms with Crippen LogP contribution in [-0.4, -0.2) is 60.7 Å². The Kier molecular flexibility index (Phi) is 7.20. The number of carbonyl (C=O) groups is 1. The van der Waals surface area contributed by atoms with Crippen molar-refractivity contribution in [3.8, 4) is 17.6 Å². The number of fused-ring (bicyclic) bond motifs is 1. The highest BCUT2D eigenvalue weighted by Crippen LogP contribution is 2.38. The van der Waals surface area contributed by atoms with Crippen LogP contribution < -0.4 is 20.1 Å². The normalized spacial score (nSPS) is 15.8. The Morgan fingerprint density at radius 1 is 1.25 bits per heavy atom. The van der Waals surface area contributed by atoms with Gasteiger partial charge in [0.2, 0.25) is 11.9 Å². The molecule has 0 spiro atoms. The number of aromatic nitrogens is 2. The molecule has 0 bridgehead atoms. The van der Waals surface area contributed by atoms with Gasteiger partial charge in [-0.2, -0.15) is 10.2 Å². The van der Waals surface area contributed by atoms with Crippen LogP contribution in [0.3, 0.4) is 0 Å². The number of hydrogen-bond donors (Lipinski definition) is 1. The number of amides is 1. The molecule has 1 atom stereocenters. The van der Waals surface area contributed by atoms with Gasteiger partial charge in [-0.15, -0.1) is 0 Å². The lowest BCUT2D eigenvalue weighted by atomic mass is 10.1. The van der Waals surface area contributed by atoms with E-state index in [-0.39, 0.29) is 34.8 Å². The van der Waals surface area contributed by atoms with Crippen LogP contribution >= 0.6 is 0 Å². The molecule has 3 aromatic rings.